The van der Waals surface area contributed by atoms with Gasteiger partial charge in [0.05, 0.1) is 11.4 Å². The summed E-state index contributed by atoms with van der Waals surface area (Å²) in [5.74, 6) is -0.274. The number of carbonyl (C=O) groups is 1. The van der Waals surface area contributed by atoms with E-state index in [1.807, 2.05) is 38.1 Å². The zero-order chi connectivity index (χ0) is 16.4. The van der Waals surface area contributed by atoms with Crippen molar-refractivity contribution in [3.05, 3.63) is 57.2 Å². The largest absolute Gasteiger partial charge is 0.348 e. The number of carbonyl (C=O) groups excluding carboxylic acids is 1. The molecule has 0 radical (unpaired) electrons. The van der Waals surface area contributed by atoms with E-state index >= 15 is 0 Å². The highest BCUT2D eigenvalue weighted by Crippen LogP contribution is 2.14. The van der Waals surface area contributed by atoms with E-state index in [1.165, 1.54) is 11.3 Å². The van der Waals surface area contributed by atoms with Crippen LogP contribution >= 0.6 is 11.3 Å². The predicted molar refractivity (Wildman–Crippen MR) is 89.4 cm³/mol. The number of fused-ring (bicyclic) bond motifs is 1. The Morgan fingerprint density at radius 3 is 2.78 bits per heavy atom. The molecule has 3 rings (SSSR count). The number of benzene rings is 1. The van der Waals surface area contributed by atoms with E-state index < -0.39 is 0 Å². The third-order valence-corrected chi connectivity index (χ3v) is 4.40. The van der Waals surface area contributed by atoms with Gasteiger partial charge in [0.25, 0.3) is 5.56 Å². The molecule has 118 valence electrons. The number of nitrogens with zero attached hydrogens (tertiary/aromatic N) is 3. The van der Waals surface area contributed by atoms with Crippen molar-refractivity contribution in [1.29, 1.82) is 0 Å². The quantitative estimate of drug-likeness (QED) is 0.795. The molecule has 0 unspecified atom stereocenters. The van der Waals surface area contributed by atoms with Gasteiger partial charge in [-0.25, -0.2) is 4.68 Å². The van der Waals surface area contributed by atoms with Crippen molar-refractivity contribution in [3.8, 4) is 0 Å². The van der Waals surface area contributed by atoms with Crippen molar-refractivity contribution in [1.82, 2.24) is 20.3 Å². The second-order valence-electron chi connectivity index (χ2n) is 5.39. The van der Waals surface area contributed by atoms with E-state index in [4.69, 9.17) is 0 Å². The maximum atomic E-state index is 12.2. The van der Waals surface area contributed by atoms with E-state index in [0.717, 1.165) is 15.8 Å². The number of nitrogens with one attached hydrogen (secondary N) is 1. The second-order valence-corrected chi connectivity index (χ2v) is 6.29. The summed E-state index contributed by atoms with van der Waals surface area (Å²) >= 11 is 1.35. The molecule has 1 aromatic carbocycles. The lowest BCUT2D eigenvalue weighted by Crippen LogP contribution is -2.35. The van der Waals surface area contributed by atoms with Gasteiger partial charge in [0.2, 0.25) is 5.91 Å². The SMILES string of the molecule is Cc1ccc([C@H](C)NC(=O)Cn2nnc3sccc3c2=O)cc1. The van der Waals surface area contributed by atoms with Crippen molar-refractivity contribution < 1.29 is 4.79 Å². The van der Waals surface area contributed by atoms with Crippen LogP contribution in [-0.2, 0) is 11.3 Å². The first kappa shape index (κ1) is 15.4. The van der Waals surface area contributed by atoms with Gasteiger partial charge >= 0.3 is 0 Å². The molecule has 0 fully saturated rings. The lowest BCUT2D eigenvalue weighted by Gasteiger charge is -2.14. The van der Waals surface area contributed by atoms with Crippen molar-refractivity contribution >= 4 is 27.5 Å². The molecule has 23 heavy (non-hydrogen) atoms. The van der Waals surface area contributed by atoms with Gasteiger partial charge in [-0.05, 0) is 30.9 Å². The molecule has 1 N–H and O–H groups in total. The fourth-order valence-corrected chi connectivity index (χ4v) is 2.98. The smallest absolute Gasteiger partial charge is 0.278 e. The number of hydrogen-bond donors (Lipinski definition) is 1. The monoisotopic (exact) mass is 328 g/mol. The van der Waals surface area contributed by atoms with Crippen LogP contribution in [0.2, 0.25) is 0 Å². The second kappa shape index (κ2) is 6.29. The Morgan fingerprint density at radius 2 is 2.04 bits per heavy atom. The lowest BCUT2D eigenvalue weighted by molar-refractivity contribution is -0.122. The molecule has 0 aliphatic heterocycles. The topological polar surface area (TPSA) is 76.9 Å². The first-order valence-corrected chi connectivity index (χ1v) is 8.09. The van der Waals surface area contributed by atoms with Gasteiger partial charge in [0, 0.05) is 0 Å². The third-order valence-electron chi connectivity index (χ3n) is 3.60. The molecule has 0 aliphatic carbocycles. The fourth-order valence-electron chi connectivity index (χ4n) is 2.28. The van der Waals surface area contributed by atoms with E-state index in [9.17, 15) is 9.59 Å². The number of rotatable bonds is 4. The first-order valence-electron chi connectivity index (χ1n) is 7.21. The standard InChI is InChI=1S/C16H16N4O2S/c1-10-3-5-12(6-4-10)11(2)17-14(21)9-20-16(22)13-7-8-23-15(13)18-19-20/h3-8,11H,9H2,1-2H3,(H,17,21)/t11-/m0/s1. The van der Waals surface area contributed by atoms with Crippen molar-refractivity contribution in [3.63, 3.8) is 0 Å². The predicted octanol–water partition coefficient (Wildman–Crippen LogP) is 2.04. The molecule has 0 bridgehead atoms. The summed E-state index contributed by atoms with van der Waals surface area (Å²) in [6.45, 7) is 3.77. The van der Waals surface area contributed by atoms with E-state index in [0.29, 0.717) is 10.2 Å². The number of aromatic nitrogens is 3. The molecule has 1 amide bonds. The Bertz CT molecular complexity index is 898. The van der Waals surface area contributed by atoms with Gasteiger partial charge in [-0.15, -0.1) is 16.4 Å². The summed E-state index contributed by atoms with van der Waals surface area (Å²) in [6.07, 6.45) is 0. The molecular formula is C16H16N4O2S. The van der Waals surface area contributed by atoms with Gasteiger partial charge in [-0.2, -0.15) is 0 Å². The van der Waals surface area contributed by atoms with Crippen LogP contribution in [0.3, 0.4) is 0 Å². The minimum Gasteiger partial charge on any atom is -0.348 e. The van der Waals surface area contributed by atoms with Crippen molar-refractivity contribution in [2.45, 2.75) is 26.4 Å². The van der Waals surface area contributed by atoms with Crippen LogP contribution in [0.1, 0.15) is 24.1 Å². The summed E-state index contributed by atoms with van der Waals surface area (Å²) in [7, 11) is 0. The van der Waals surface area contributed by atoms with E-state index in [2.05, 4.69) is 15.6 Å². The average Bonchev–Trinajstić information content (AvgIpc) is 3.00. The molecule has 0 aliphatic rings. The van der Waals surface area contributed by atoms with Gasteiger partial charge in [-0.3, -0.25) is 9.59 Å². The van der Waals surface area contributed by atoms with Crippen LogP contribution in [-0.4, -0.2) is 20.9 Å². The highest BCUT2D eigenvalue weighted by Gasteiger charge is 2.13. The summed E-state index contributed by atoms with van der Waals surface area (Å²) in [5.41, 5.74) is 1.88. The van der Waals surface area contributed by atoms with Crippen LogP contribution in [0.15, 0.2) is 40.5 Å². The summed E-state index contributed by atoms with van der Waals surface area (Å²) in [6, 6.07) is 9.50. The molecule has 6 nitrogen and oxygen atoms in total. The fraction of sp³-hybridized carbons (Fsp3) is 0.250. The van der Waals surface area contributed by atoms with Gasteiger partial charge in [-0.1, -0.05) is 35.0 Å². The molecule has 7 heteroatoms. The minimum absolute atomic E-state index is 0.142. The summed E-state index contributed by atoms with van der Waals surface area (Å²) < 4.78 is 1.09. The molecule has 0 saturated heterocycles. The number of amides is 1. The molecule has 2 aromatic heterocycles. The van der Waals surface area contributed by atoms with Crippen molar-refractivity contribution in [2.24, 2.45) is 0 Å². The average molecular weight is 328 g/mol. The molecule has 1 atom stereocenters. The van der Waals surface area contributed by atoms with Crippen LogP contribution in [0.5, 0.6) is 0 Å². The Labute approximate surface area is 136 Å². The minimum atomic E-state index is -0.297. The van der Waals surface area contributed by atoms with E-state index in [1.54, 1.807) is 11.4 Å². The van der Waals surface area contributed by atoms with Crippen molar-refractivity contribution in [2.75, 3.05) is 0 Å². The molecule has 0 saturated carbocycles. The Kier molecular flexibility index (Phi) is 4.20. The van der Waals surface area contributed by atoms with Crippen LogP contribution in [0, 0.1) is 6.92 Å². The summed E-state index contributed by atoms with van der Waals surface area (Å²) in [4.78, 5) is 24.9. The number of thiophene rings is 1. The Morgan fingerprint density at radius 1 is 1.30 bits per heavy atom. The lowest BCUT2D eigenvalue weighted by atomic mass is 10.1. The number of hydrogen-bond acceptors (Lipinski definition) is 5. The van der Waals surface area contributed by atoms with E-state index in [-0.39, 0.29) is 24.1 Å². The third kappa shape index (κ3) is 3.29. The van der Waals surface area contributed by atoms with Gasteiger partial charge < -0.3 is 5.32 Å². The van der Waals surface area contributed by atoms with Gasteiger partial charge in [0.15, 0.2) is 4.83 Å². The number of aryl methyl sites for hydroxylation is 1. The summed E-state index contributed by atoms with van der Waals surface area (Å²) in [5, 5.41) is 12.9. The van der Waals surface area contributed by atoms with Crippen LogP contribution < -0.4 is 10.9 Å². The molecule has 3 aromatic rings. The Hall–Kier alpha value is -2.54. The highest BCUT2D eigenvalue weighted by molar-refractivity contribution is 7.16. The zero-order valence-corrected chi connectivity index (χ0v) is 13.6. The van der Waals surface area contributed by atoms with Crippen LogP contribution in [0.4, 0.5) is 0 Å². The molecular weight excluding hydrogens is 312 g/mol. The zero-order valence-electron chi connectivity index (χ0n) is 12.8. The van der Waals surface area contributed by atoms with Gasteiger partial charge in [0.1, 0.15) is 6.54 Å². The maximum Gasteiger partial charge on any atom is 0.278 e. The molecule has 0 spiro atoms. The maximum absolute atomic E-state index is 12.2. The molecule has 2 heterocycles. The highest BCUT2D eigenvalue weighted by atomic mass is 32.1. The first-order chi connectivity index (χ1) is 11.0. The van der Waals surface area contributed by atoms with Crippen LogP contribution in [0.25, 0.3) is 10.2 Å². The Balaban J connectivity index is 1.72. The normalized spacial score (nSPS) is 12.3.